The van der Waals surface area contributed by atoms with E-state index < -0.39 is 8.32 Å². The van der Waals surface area contributed by atoms with Crippen molar-refractivity contribution in [3.8, 4) is 0 Å². The minimum atomic E-state index is -1.93. The fourth-order valence-corrected chi connectivity index (χ4v) is 6.79. The molecule has 1 aliphatic heterocycles. The summed E-state index contributed by atoms with van der Waals surface area (Å²) in [6, 6.07) is 12.1. The van der Waals surface area contributed by atoms with Crippen molar-refractivity contribution in [2.24, 2.45) is 0 Å². The zero-order chi connectivity index (χ0) is 29.5. The largest absolute Gasteiger partial charge is 0.459 e. The molecular formula is C32H49NO5SSi. The lowest BCUT2D eigenvalue weighted by molar-refractivity contribution is -0.117. The Hall–Kier alpha value is -2.00. The maximum absolute atomic E-state index is 12.9. The number of hydrogen-bond acceptors (Lipinski definition) is 6. The van der Waals surface area contributed by atoms with Gasteiger partial charge in [0.1, 0.15) is 4.88 Å². The topological polar surface area (TPSA) is 65.1 Å². The van der Waals surface area contributed by atoms with Crippen LogP contribution in [0.5, 0.6) is 0 Å². The van der Waals surface area contributed by atoms with E-state index >= 15 is 0 Å². The van der Waals surface area contributed by atoms with Gasteiger partial charge in [-0.25, -0.2) is 4.79 Å². The van der Waals surface area contributed by atoms with Gasteiger partial charge in [-0.05, 0) is 74.7 Å². The van der Waals surface area contributed by atoms with E-state index in [2.05, 4.69) is 65.1 Å². The molecule has 0 spiro atoms. The maximum Gasteiger partial charge on any atom is 0.348 e. The Bertz CT molecular complexity index is 1110. The van der Waals surface area contributed by atoms with Gasteiger partial charge in [-0.15, -0.1) is 11.3 Å². The van der Waals surface area contributed by atoms with Crippen LogP contribution in [0, 0.1) is 0 Å². The molecular weight excluding hydrogens is 539 g/mol. The number of rotatable bonds is 14. The smallest absolute Gasteiger partial charge is 0.348 e. The molecule has 1 amide bonds. The molecule has 0 radical (unpaired) electrons. The average Bonchev–Trinajstić information content (AvgIpc) is 3.49. The van der Waals surface area contributed by atoms with Gasteiger partial charge in [0.2, 0.25) is 5.91 Å². The Balaban J connectivity index is 1.65. The molecule has 0 bridgehead atoms. The fourth-order valence-electron chi connectivity index (χ4n) is 4.64. The lowest BCUT2D eigenvalue weighted by Crippen LogP contribution is -2.41. The zero-order valence-electron chi connectivity index (χ0n) is 25.7. The molecule has 0 aliphatic carbocycles. The second-order valence-electron chi connectivity index (χ2n) is 12.6. The molecule has 0 unspecified atom stereocenters. The second-order valence-corrected chi connectivity index (χ2v) is 18.6. The Morgan fingerprint density at radius 1 is 1.10 bits per heavy atom. The van der Waals surface area contributed by atoms with E-state index in [4.69, 9.17) is 13.9 Å². The normalized spacial score (nSPS) is 17.1. The van der Waals surface area contributed by atoms with Crippen molar-refractivity contribution in [2.75, 3.05) is 11.5 Å². The van der Waals surface area contributed by atoms with Gasteiger partial charge < -0.3 is 18.8 Å². The van der Waals surface area contributed by atoms with Crippen molar-refractivity contribution < 1.29 is 23.5 Å². The van der Waals surface area contributed by atoms with Crippen LogP contribution in [-0.2, 0) is 25.3 Å². The van der Waals surface area contributed by atoms with E-state index in [0.29, 0.717) is 24.5 Å². The molecule has 6 nitrogen and oxygen atoms in total. The molecule has 40 heavy (non-hydrogen) atoms. The van der Waals surface area contributed by atoms with Gasteiger partial charge in [0, 0.05) is 17.0 Å². The average molecular weight is 588 g/mol. The highest BCUT2D eigenvalue weighted by Gasteiger charge is 2.39. The molecule has 1 aromatic carbocycles. The van der Waals surface area contributed by atoms with Gasteiger partial charge >= 0.3 is 5.97 Å². The summed E-state index contributed by atoms with van der Waals surface area (Å²) < 4.78 is 18.2. The predicted octanol–water partition coefficient (Wildman–Crippen LogP) is 8.67. The number of carbonyl (C=O) groups is 2. The van der Waals surface area contributed by atoms with Crippen molar-refractivity contribution in [3.63, 3.8) is 0 Å². The van der Waals surface area contributed by atoms with E-state index in [1.54, 1.807) is 6.07 Å². The third-order valence-electron chi connectivity index (χ3n) is 7.94. The van der Waals surface area contributed by atoms with Crippen LogP contribution in [0.15, 0.2) is 36.4 Å². The van der Waals surface area contributed by atoms with Crippen molar-refractivity contribution in [2.45, 2.75) is 123 Å². The molecule has 2 atom stereocenters. The predicted molar refractivity (Wildman–Crippen MR) is 167 cm³/mol. The SMILES string of the molecule is CCCCC[C@H](O[Si](C)(C)C(C)(C)C)c1ccc(N2C(=O)CC[C@@H]2COCc2ccc(C(=O)OC(C)C)s2)cc1. The number of thiophene rings is 1. The molecule has 0 N–H and O–H groups in total. The molecule has 2 heterocycles. The Morgan fingerprint density at radius 2 is 1.80 bits per heavy atom. The summed E-state index contributed by atoms with van der Waals surface area (Å²) in [4.78, 5) is 28.4. The minimum absolute atomic E-state index is 0.00692. The summed E-state index contributed by atoms with van der Waals surface area (Å²) in [7, 11) is -1.93. The number of esters is 1. The standard InChI is InChI=1S/C32H49NO5SSi/c1-9-10-11-12-28(38-40(7,8)32(4,5)6)24-13-15-25(16-14-24)33-26(17-20-30(33)34)21-36-22-27-18-19-29(39-27)31(35)37-23(2)3/h13-16,18-19,23,26,28H,9-12,17,20-22H2,1-8H3/t26-,28+/m1/s1. The monoisotopic (exact) mass is 587 g/mol. The quantitative estimate of drug-likeness (QED) is 0.126. The van der Waals surface area contributed by atoms with Gasteiger partial charge in [0.05, 0.1) is 31.5 Å². The van der Waals surface area contributed by atoms with Crippen LogP contribution in [0.25, 0.3) is 0 Å². The van der Waals surface area contributed by atoms with Crippen LogP contribution in [0.3, 0.4) is 0 Å². The van der Waals surface area contributed by atoms with Crippen LogP contribution in [0.4, 0.5) is 5.69 Å². The van der Waals surface area contributed by atoms with Crippen LogP contribution in [-0.4, -0.2) is 38.9 Å². The molecule has 1 aromatic heterocycles. The zero-order valence-corrected chi connectivity index (χ0v) is 27.6. The number of nitrogens with zero attached hydrogens (tertiary/aromatic N) is 1. The maximum atomic E-state index is 12.9. The van der Waals surface area contributed by atoms with Crippen LogP contribution in [0.1, 0.15) is 106 Å². The van der Waals surface area contributed by atoms with Crippen molar-refractivity contribution in [1.82, 2.24) is 0 Å². The number of benzene rings is 1. The van der Waals surface area contributed by atoms with Crippen LogP contribution in [0.2, 0.25) is 18.1 Å². The number of hydrogen-bond donors (Lipinski definition) is 0. The van der Waals surface area contributed by atoms with E-state index in [-0.39, 0.29) is 35.2 Å². The molecule has 1 fully saturated rings. The molecule has 1 aliphatic rings. The van der Waals surface area contributed by atoms with Gasteiger partial charge in [-0.1, -0.05) is 59.1 Å². The molecule has 2 aromatic rings. The Kier molecular flexibility index (Phi) is 11.6. The highest BCUT2D eigenvalue weighted by Crippen LogP contribution is 2.41. The van der Waals surface area contributed by atoms with Crippen molar-refractivity contribution in [3.05, 3.63) is 51.7 Å². The van der Waals surface area contributed by atoms with Crippen LogP contribution >= 0.6 is 11.3 Å². The first-order valence-corrected chi connectivity index (χ1v) is 18.5. The van der Waals surface area contributed by atoms with Crippen LogP contribution < -0.4 is 4.90 Å². The number of carbonyl (C=O) groups excluding carboxylic acids is 2. The van der Waals surface area contributed by atoms with Crippen molar-refractivity contribution >= 4 is 37.2 Å². The number of anilines is 1. The summed E-state index contributed by atoms with van der Waals surface area (Å²) in [5, 5.41) is 0.146. The molecule has 222 valence electrons. The number of unbranched alkanes of at least 4 members (excludes halogenated alkanes) is 2. The summed E-state index contributed by atoms with van der Waals surface area (Å²) in [5.74, 6) is -0.169. The summed E-state index contributed by atoms with van der Waals surface area (Å²) in [6.07, 6.45) is 5.76. The summed E-state index contributed by atoms with van der Waals surface area (Å²) in [6.45, 7) is 18.2. The Morgan fingerprint density at radius 3 is 2.42 bits per heavy atom. The van der Waals surface area contributed by atoms with Crippen molar-refractivity contribution in [1.29, 1.82) is 0 Å². The third kappa shape index (κ3) is 8.75. The van der Waals surface area contributed by atoms with E-state index in [0.717, 1.165) is 29.8 Å². The number of ether oxygens (including phenoxy) is 2. The lowest BCUT2D eigenvalue weighted by atomic mass is 10.0. The van der Waals surface area contributed by atoms with E-state index in [9.17, 15) is 9.59 Å². The molecule has 8 heteroatoms. The van der Waals surface area contributed by atoms with Gasteiger partial charge in [-0.3, -0.25) is 4.79 Å². The first kappa shape index (κ1) is 32.5. The molecule has 0 saturated carbocycles. The summed E-state index contributed by atoms with van der Waals surface area (Å²) in [5.41, 5.74) is 2.10. The second kappa shape index (κ2) is 14.3. The summed E-state index contributed by atoms with van der Waals surface area (Å²) >= 11 is 1.39. The highest BCUT2D eigenvalue weighted by molar-refractivity contribution is 7.13. The highest BCUT2D eigenvalue weighted by atomic mass is 32.1. The first-order chi connectivity index (χ1) is 18.8. The van der Waals surface area contributed by atoms with E-state index in [1.807, 2.05) is 24.8 Å². The Labute approximate surface area is 246 Å². The van der Waals surface area contributed by atoms with E-state index in [1.165, 1.54) is 29.7 Å². The molecule has 1 saturated heterocycles. The first-order valence-electron chi connectivity index (χ1n) is 14.8. The van der Waals surface area contributed by atoms with Gasteiger partial charge in [0.25, 0.3) is 0 Å². The fraction of sp³-hybridized carbons (Fsp3) is 0.625. The van der Waals surface area contributed by atoms with Gasteiger partial charge in [-0.2, -0.15) is 0 Å². The third-order valence-corrected chi connectivity index (χ3v) is 13.5. The van der Waals surface area contributed by atoms with Gasteiger partial charge in [0.15, 0.2) is 8.32 Å². The minimum Gasteiger partial charge on any atom is -0.459 e. The molecule has 3 rings (SSSR count). The number of amides is 1. The lowest BCUT2D eigenvalue weighted by Gasteiger charge is -2.39.